The lowest BCUT2D eigenvalue weighted by atomic mass is 10.1. The van der Waals surface area contributed by atoms with Crippen molar-refractivity contribution in [1.82, 2.24) is 0 Å². The normalized spacial score (nSPS) is 11.3. The van der Waals surface area contributed by atoms with Crippen LogP contribution < -0.4 is 9.47 Å². The number of carbonyl (C=O) groups is 2. The molecule has 12 heteroatoms. The highest BCUT2D eigenvalue weighted by molar-refractivity contribution is 14.1. The molecule has 0 atom stereocenters. The predicted molar refractivity (Wildman–Crippen MR) is 264 cm³/mol. The summed E-state index contributed by atoms with van der Waals surface area (Å²) in [6.07, 6.45) is 25.2. The lowest BCUT2D eigenvalue weighted by molar-refractivity contribution is -0.143. The van der Waals surface area contributed by atoms with Gasteiger partial charge in [-0.3, -0.25) is 9.59 Å². The van der Waals surface area contributed by atoms with E-state index < -0.39 is 0 Å². The molecule has 0 aliphatic carbocycles. The zero-order valence-corrected chi connectivity index (χ0v) is 43.1. The highest BCUT2D eigenvalue weighted by Gasteiger charge is 2.09. The number of unbranched alkanes of at least 4 members (excludes halogenated alkanes) is 16. The molecule has 2 aromatic carbocycles. The summed E-state index contributed by atoms with van der Waals surface area (Å²) in [6, 6.07) is 8.62. The summed E-state index contributed by atoms with van der Waals surface area (Å²) in [7, 11) is 0. The van der Waals surface area contributed by atoms with Gasteiger partial charge in [0.25, 0.3) is 0 Å². The van der Waals surface area contributed by atoms with Gasteiger partial charge in [-0.1, -0.05) is 89.9 Å². The zero-order valence-electron chi connectivity index (χ0n) is 30.2. The van der Waals surface area contributed by atoms with Crippen LogP contribution in [0, 0.1) is 21.4 Å². The van der Waals surface area contributed by atoms with Crippen LogP contribution in [0.15, 0.2) is 36.4 Å². The molecule has 52 heavy (non-hydrogen) atoms. The minimum atomic E-state index is -0.161. The van der Waals surface area contributed by atoms with E-state index >= 15 is 0 Å². The van der Waals surface area contributed by atoms with Crippen molar-refractivity contribution in [2.24, 2.45) is 0 Å². The van der Waals surface area contributed by atoms with Gasteiger partial charge in [0.15, 0.2) is 0 Å². The first-order valence-electron chi connectivity index (χ1n) is 18.7. The topological polar surface area (TPSA) is 71.1 Å². The lowest BCUT2D eigenvalue weighted by Crippen LogP contribution is -2.05. The third kappa shape index (κ3) is 24.7. The number of benzene rings is 2. The monoisotopic (exact) mass is 1390 g/mol. The van der Waals surface area contributed by atoms with Gasteiger partial charge in [0.1, 0.15) is 24.7 Å². The Bertz CT molecular complexity index is 1190. The first-order valence-corrected chi connectivity index (χ1v) is 25.2. The van der Waals surface area contributed by atoms with Crippen molar-refractivity contribution < 1.29 is 28.5 Å². The maximum Gasteiger partial charge on any atom is 0.306 e. The summed E-state index contributed by atoms with van der Waals surface area (Å²) < 4.78 is 29.8. The van der Waals surface area contributed by atoms with E-state index in [0.29, 0.717) is 12.8 Å². The van der Waals surface area contributed by atoms with Crippen molar-refractivity contribution in [3.8, 4) is 11.5 Å². The van der Waals surface area contributed by atoms with E-state index in [0.717, 1.165) is 76.1 Å². The molecule has 0 aliphatic rings. The Morgan fingerprint density at radius 2 is 0.692 bits per heavy atom. The predicted octanol–water partition coefficient (Wildman–Crippen LogP) is 14.2. The molecule has 0 saturated carbocycles. The van der Waals surface area contributed by atoms with E-state index in [1.807, 2.05) is 0 Å². The van der Waals surface area contributed by atoms with Gasteiger partial charge in [-0.15, -0.1) is 0 Å². The molecular formula is C40H54I6O6. The van der Waals surface area contributed by atoms with Crippen molar-refractivity contribution in [3.63, 3.8) is 0 Å². The smallest absolute Gasteiger partial charge is 0.306 e. The molecule has 0 heterocycles. The van der Waals surface area contributed by atoms with Crippen LogP contribution in [-0.2, 0) is 19.1 Å². The van der Waals surface area contributed by atoms with E-state index in [1.165, 1.54) is 85.6 Å². The lowest BCUT2D eigenvalue weighted by Gasteiger charge is -2.11. The molecule has 0 saturated heterocycles. The molecule has 6 nitrogen and oxygen atoms in total. The van der Waals surface area contributed by atoms with Gasteiger partial charge in [-0.2, -0.15) is 0 Å². The molecule has 2 rings (SSSR count). The Hall–Kier alpha value is 1.10. The number of hydrogen-bond donors (Lipinski definition) is 0. The number of rotatable bonds is 30. The van der Waals surface area contributed by atoms with Crippen LogP contribution in [0.4, 0.5) is 0 Å². The maximum absolute atomic E-state index is 12.0. The third-order valence-electron chi connectivity index (χ3n) is 8.32. The molecule has 0 fully saturated rings. The summed E-state index contributed by atoms with van der Waals surface area (Å²) in [5.41, 5.74) is 0. The molecule has 0 amide bonds. The molecule has 0 N–H and O–H groups in total. The van der Waals surface area contributed by atoms with Crippen LogP contribution in [0.25, 0.3) is 0 Å². The van der Waals surface area contributed by atoms with Gasteiger partial charge in [0.05, 0.1) is 27.5 Å². The Morgan fingerprint density at radius 3 is 1.00 bits per heavy atom. The molecule has 2 aromatic rings. The number of halogens is 6. The Morgan fingerprint density at radius 1 is 0.423 bits per heavy atom. The Kier molecular flexibility index (Phi) is 30.4. The first kappa shape index (κ1) is 49.2. The average molecular weight is 1390 g/mol. The summed E-state index contributed by atoms with van der Waals surface area (Å²) in [4.78, 5) is 24.0. The Labute approximate surface area is 394 Å². The second-order valence-electron chi connectivity index (χ2n) is 12.8. The van der Waals surface area contributed by atoms with E-state index in [1.54, 1.807) is 12.2 Å². The van der Waals surface area contributed by atoms with Crippen molar-refractivity contribution in [2.75, 3.05) is 26.4 Å². The number of hydrogen-bond acceptors (Lipinski definition) is 6. The van der Waals surface area contributed by atoms with Crippen molar-refractivity contribution in [2.45, 2.75) is 128 Å². The fourth-order valence-electron chi connectivity index (χ4n) is 5.46. The SMILES string of the molecule is O=C(CCCCCCCCCCCOc1c(I)cc(I)cc1I)OC/C=C\COC(=O)CCCCCCCCCCCOc1c(I)cc(I)cc1I. The fourth-order valence-corrected chi connectivity index (χ4v) is 13.3. The molecule has 0 spiro atoms. The van der Waals surface area contributed by atoms with Crippen LogP contribution in [0.3, 0.4) is 0 Å². The van der Waals surface area contributed by atoms with Crippen molar-refractivity contribution >= 4 is 147 Å². The molecule has 0 bridgehead atoms. The van der Waals surface area contributed by atoms with E-state index in [9.17, 15) is 9.59 Å². The van der Waals surface area contributed by atoms with Gasteiger partial charge in [-0.25, -0.2) is 0 Å². The van der Waals surface area contributed by atoms with Gasteiger partial charge in [0, 0.05) is 20.0 Å². The van der Waals surface area contributed by atoms with Crippen LogP contribution in [0.2, 0.25) is 0 Å². The minimum Gasteiger partial charge on any atom is -0.491 e. The molecule has 292 valence electrons. The summed E-state index contributed by atoms with van der Waals surface area (Å²) in [5.74, 6) is 1.72. The highest BCUT2D eigenvalue weighted by Crippen LogP contribution is 2.31. The van der Waals surface area contributed by atoms with Gasteiger partial charge < -0.3 is 18.9 Å². The molecule has 0 aliphatic heterocycles. The number of carbonyl (C=O) groups excluding carboxylic acids is 2. The minimum absolute atomic E-state index is 0.161. The number of ether oxygens (including phenoxy) is 4. The second-order valence-corrected chi connectivity index (χ2v) is 19.9. The largest absolute Gasteiger partial charge is 0.491 e. The molecule has 0 aromatic heterocycles. The third-order valence-corrected chi connectivity index (χ3v) is 12.8. The zero-order chi connectivity index (χ0) is 37.8. The first-order chi connectivity index (χ1) is 25.2. The second kappa shape index (κ2) is 32.1. The van der Waals surface area contributed by atoms with E-state index in [-0.39, 0.29) is 25.2 Å². The standard InChI is InChI=1S/C40H54I6O6/c41-31-27-33(43)39(34(44)28-31)51-25-17-13-9-5-1-3-7-11-15-21-37(47)49-23-19-20-24-50-38(48)22-16-12-8-4-2-6-10-14-18-26-52-40-35(45)29-32(42)30-36(40)46/h19-20,27-30H,1-18,21-26H2/b20-19-. The molecular weight excluding hydrogens is 1340 g/mol. The van der Waals surface area contributed by atoms with E-state index in [4.69, 9.17) is 18.9 Å². The van der Waals surface area contributed by atoms with Crippen molar-refractivity contribution in [1.29, 1.82) is 0 Å². The van der Waals surface area contributed by atoms with Gasteiger partial charge >= 0.3 is 11.9 Å². The average Bonchev–Trinajstić information content (AvgIpc) is 3.09. The van der Waals surface area contributed by atoms with Gasteiger partial charge in [0.2, 0.25) is 0 Å². The van der Waals surface area contributed by atoms with Gasteiger partial charge in [-0.05, 0) is 198 Å². The van der Waals surface area contributed by atoms with E-state index in [2.05, 4.69) is 160 Å². The van der Waals surface area contributed by atoms with Crippen LogP contribution in [0.1, 0.15) is 128 Å². The molecule has 0 unspecified atom stereocenters. The molecule has 0 radical (unpaired) electrons. The fraction of sp³-hybridized carbons (Fsp3) is 0.600. The van der Waals surface area contributed by atoms with Crippen LogP contribution >= 0.6 is 136 Å². The summed E-state index contributed by atoms with van der Waals surface area (Å²) in [6.45, 7) is 2.01. The Balaban J connectivity index is 1.28. The highest BCUT2D eigenvalue weighted by atomic mass is 127. The van der Waals surface area contributed by atoms with Crippen molar-refractivity contribution in [3.05, 3.63) is 57.8 Å². The maximum atomic E-state index is 12.0. The summed E-state index contributed by atoms with van der Waals surface area (Å²) in [5, 5.41) is 0. The van der Waals surface area contributed by atoms with Crippen LogP contribution in [-0.4, -0.2) is 38.4 Å². The quantitative estimate of drug-likeness (QED) is 0.0336. The number of esters is 2. The summed E-state index contributed by atoms with van der Waals surface area (Å²) >= 11 is 14.1. The van der Waals surface area contributed by atoms with Crippen LogP contribution in [0.5, 0.6) is 11.5 Å².